The van der Waals surface area contributed by atoms with Crippen LogP contribution in [-0.2, 0) is 27.3 Å². The Bertz CT molecular complexity index is 1320. The molecular formula is C30H32N2O7. The number of aliphatic carboxylic acids is 1. The van der Waals surface area contributed by atoms with E-state index < -0.39 is 18.2 Å². The van der Waals surface area contributed by atoms with Crippen LogP contribution in [0.2, 0.25) is 0 Å². The molecule has 0 bridgehead atoms. The van der Waals surface area contributed by atoms with Crippen LogP contribution in [0.25, 0.3) is 11.1 Å². The third-order valence-electron chi connectivity index (χ3n) is 6.35. The van der Waals surface area contributed by atoms with Crippen molar-refractivity contribution < 1.29 is 33.7 Å². The maximum Gasteiger partial charge on any atom is 0.414 e. The number of carbonyl (C=O) groups excluding carboxylic acids is 2. The lowest BCUT2D eigenvalue weighted by atomic mass is 9.91. The quantitative estimate of drug-likeness (QED) is 0.339. The number of hydrogen-bond acceptors (Lipinski definition) is 6. The van der Waals surface area contributed by atoms with Gasteiger partial charge in [0.15, 0.2) is 0 Å². The molecule has 0 aliphatic carbocycles. The molecular weight excluding hydrogens is 500 g/mol. The smallest absolute Gasteiger partial charge is 0.414 e. The Morgan fingerprint density at radius 1 is 0.974 bits per heavy atom. The predicted molar refractivity (Wildman–Crippen MR) is 146 cm³/mol. The van der Waals surface area contributed by atoms with Crippen LogP contribution in [0.5, 0.6) is 5.75 Å². The fourth-order valence-electron chi connectivity index (χ4n) is 4.46. The maximum atomic E-state index is 13.0. The highest BCUT2D eigenvalue weighted by molar-refractivity contribution is 5.91. The van der Waals surface area contributed by atoms with Gasteiger partial charge in [0, 0.05) is 13.1 Å². The molecule has 39 heavy (non-hydrogen) atoms. The molecule has 1 aliphatic rings. The van der Waals surface area contributed by atoms with Gasteiger partial charge in [-0.05, 0) is 65.8 Å². The van der Waals surface area contributed by atoms with Gasteiger partial charge in [0.2, 0.25) is 0 Å². The van der Waals surface area contributed by atoms with Crippen molar-refractivity contribution >= 4 is 23.8 Å². The van der Waals surface area contributed by atoms with E-state index in [0.717, 1.165) is 52.1 Å². The molecule has 0 saturated carbocycles. The molecule has 0 saturated heterocycles. The summed E-state index contributed by atoms with van der Waals surface area (Å²) in [5.41, 5.74) is 5.64. The molecule has 2 amide bonds. The van der Waals surface area contributed by atoms with Crippen molar-refractivity contribution in [2.75, 3.05) is 31.2 Å². The van der Waals surface area contributed by atoms with E-state index in [9.17, 15) is 14.4 Å². The second kappa shape index (κ2) is 13.3. The number of hydrogen-bond donors (Lipinski definition) is 2. The summed E-state index contributed by atoms with van der Waals surface area (Å²) >= 11 is 0. The van der Waals surface area contributed by atoms with E-state index >= 15 is 0 Å². The SMILES string of the molecule is Cc1ccccc1OCCOC(=O)N1CCCc2c(-c3cccc(COC(=O)NCCC(=O)O)c3)cccc21. The zero-order chi connectivity index (χ0) is 27.6. The van der Waals surface area contributed by atoms with Gasteiger partial charge in [-0.1, -0.05) is 48.5 Å². The third-order valence-corrected chi connectivity index (χ3v) is 6.35. The highest BCUT2D eigenvalue weighted by Gasteiger charge is 2.25. The minimum Gasteiger partial charge on any atom is -0.490 e. The van der Waals surface area contributed by atoms with E-state index in [1.807, 2.05) is 73.7 Å². The van der Waals surface area contributed by atoms with E-state index in [0.29, 0.717) is 6.54 Å². The summed E-state index contributed by atoms with van der Waals surface area (Å²) in [5.74, 6) is -0.221. The molecule has 2 N–H and O–H groups in total. The van der Waals surface area contributed by atoms with E-state index in [2.05, 4.69) is 5.32 Å². The lowest BCUT2D eigenvalue weighted by molar-refractivity contribution is -0.136. The first-order valence-electron chi connectivity index (χ1n) is 12.9. The van der Waals surface area contributed by atoms with E-state index in [-0.39, 0.29) is 32.8 Å². The summed E-state index contributed by atoms with van der Waals surface area (Å²) in [6.45, 7) is 3.00. The first-order chi connectivity index (χ1) is 18.9. The highest BCUT2D eigenvalue weighted by Crippen LogP contribution is 2.36. The zero-order valence-electron chi connectivity index (χ0n) is 21.9. The fourth-order valence-corrected chi connectivity index (χ4v) is 4.46. The summed E-state index contributed by atoms with van der Waals surface area (Å²) in [4.78, 5) is 37.1. The number of carboxylic acid groups (broad SMARTS) is 1. The minimum absolute atomic E-state index is 0.00299. The van der Waals surface area contributed by atoms with E-state index in [1.165, 1.54) is 0 Å². The van der Waals surface area contributed by atoms with Crippen LogP contribution in [0.4, 0.5) is 15.3 Å². The summed E-state index contributed by atoms with van der Waals surface area (Å²) in [6, 6.07) is 21.2. The Hall–Kier alpha value is -4.53. The zero-order valence-corrected chi connectivity index (χ0v) is 21.9. The Morgan fingerprint density at radius 2 is 1.79 bits per heavy atom. The van der Waals surface area contributed by atoms with Crippen LogP contribution >= 0.6 is 0 Å². The average Bonchev–Trinajstić information content (AvgIpc) is 2.94. The number of para-hydroxylation sites is 1. The van der Waals surface area contributed by atoms with E-state index in [1.54, 1.807) is 4.90 Å². The van der Waals surface area contributed by atoms with Crippen LogP contribution in [0.1, 0.15) is 29.5 Å². The molecule has 3 aromatic carbocycles. The molecule has 1 aliphatic heterocycles. The van der Waals surface area contributed by atoms with Crippen molar-refractivity contribution in [1.82, 2.24) is 5.32 Å². The number of carboxylic acids is 1. The van der Waals surface area contributed by atoms with E-state index in [4.69, 9.17) is 19.3 Å². The lowest BCUT2D eigenvalue weighted by Crippen LogP contribution is -2.36. The van der Waals surface area contributed by atoms with Crippen molar-refractivity contribution in [3.8, 4) is 16.9 Å². The number of ether oxygens (including phenoxy) is 3. The number of fused-ring (bicyclic) bond motifs is 1. The van der Waals surface area contributed by atoms with Crippen molar-refractivity contribution in [3.05, 3.63) is 83.4 Å². The van der Waals surface area contributed by atoms with Gasteiger partial charge in [-0.15, -0.1) is 0 Å². The Labute approximate surface area is 227 Å². The molecule has 3 aromatic rings. The van der Waals surface area contributed by atoms with Gasteiger partial charge in [0.05, 0.1) is 12.1 Å². The second-order valence-corrected chi connectivity index (χ2v) is 9.13. The van der Waals surface area contributed by atoms with Gasteiger partial charge in [-0.25, -0.2) is 9.59 Å². The number of amides is 2. The van der Waals surface area contributed by atoms with Gasteiger partial charge in [-0.3, -0.25) is 9.69 Å². The maximum absolute atomic E-state index is 13.0. The molecule has 9 heteroatoms. The van der Waals surface area contributed by atoms with Crippen molar-refractivity contribution in [2.45, 2.75) is 32.8 Å². The van der Waals surface area contributed by atoms with Crippen molar-refractivity contribution in [3.63, 3.8) is 0 Å². The Kier molecular flexibility index (Phi) is 9.39. The number of benzene rings is 3. The summed E-state index contributed by atoms with van der Waals surface area (Å²) < 4.78 is 16.5. The molecule has 0 atom stereocenters. The highest BCUT2D eigenvalue weighted by atomic mass is 16.6. The Balaban J connectivity index is 1.38. The number of nitrogens with one attached hydrogen (secondary N) is 1. The summed E-state index contributed by atoms with van der Waals surface area (Å²) in [6.07, 6.45) is 0.376. The van der Waals surface area contributed by atoms with Crippen LogP contribution < -0.4 is 15.0 Å². The van der Waals surface area contributed by atoms with Gasteiger partial charge < -0.3 is 24.6 Å². The number of anilines is 1. The molecule has 0 fully saturated rings. The first kappa shape index (κ1) is 27.5. The lowest BCUT2D eigenvalue weighted by Gasteiger charge is -2.30. The predicted octanol–water partition coefficient (Wildman–Crippen LogP) is 5.33. The molecule has 1 heterocycles. The molecule has 0 aromatic heterocycles. The van der Waals surface area contributed by atoms with Crippen molar-refractivity contribution in [2.24, 2.45) is 0 Å². The van der Waals surface area contributed by atoms with Crippen molar-refractivity contribution in [1.29, 1.82) is 0 Å². The van der Waals surface area contributed by atoms with Crippen LogP contribution in [-0.4, -0.2) is 49.6 Å². The number of rotatable bonds is 10. The molecule has 0 radical (unpaired) electrons. The van der Waals surface area contributed by atoms with Crippen LogP contribution in [0.3, 0.4) is 0 Å². The van der Waals surface area contributed by atoms with Gasteiger partial charge in [-0.2, -0.15) is 0 Å². The largest absolute Gasteiger partial charge is 0.490 e. The minimum atomic E-state index is -0.992. The number of nitrogens with zero attached hydrogens (tertiary/aromatic N) is 1. The van der Waals surface area contributed by atoms with Gasteiger partial charge in [0.25, 0.3) is 0 Å². The normalized spacial score (nSPS) is 12.3. The third kappa shape index (κ3) is 7.50. The molecule has 204 valence electrons. The average molecular weight is 533 g/mol. The fraction of sp³-hybridized carbons (Fsp3) is 0.300. The molecule has 4 rings (SSSR count). The monoisotopic (exact) mass is 532 g/mol. The summed E-state index contributed by atoms with van der Waals surface area (Å²) in [7, 11) is 0. The first-order valence-corrected chi connectivity index (χ1v) is 12.9. The standard InChI is InChI=1S/C30H32N2O7/c1-21-7-2-3-13-27(21)37-17-18-38-30(36)32-16-6-11-25-24(10-5-12-26(25)32)23-9-4-8-22(19-23)20-39-29(35)31-15-14-28(33)34/h2-5,7-10,12-13,19H,6,11,14-18,20H2,1H3,(H,31,35)(H,33,34). The Morgan fingerprint density at radius 3 is 2.62 bits per heavy atom. The number of carbonyl (C=O) groups is 3. The van der Waals surface area contributed by atoms with Gasteiger partial charge >= 0.3 is 18.2 Å². The number of alkyl carbamates (subject to hydrolysis) is 1. The summed E-state index contributed by atoms with van der Waals surface area (Å²) in [5, 5.41) is 11.1. The van der Waals surface area contributed by atoms with Gasteiger partial charge in [0.1, 0.15) is 25.6 Å². The second-order valence-electron chi connectivity index (χ2n) is 9.13. The molecule has 9 nitrogen and oxygen atoms in total. The molecule has 0 spiro atoms. The van der Waals surface area contributed by atoms with Crippen LogP contribution in [0.15, 0.2) is 66.7 Å². The van der Waals surface area contributed by atoms with Crippen LogP contribution in [0, 0.1) is 6.92 Å². The molecule has 0 unspecified atom stereocenters. The topological polar surface area (TPSA) is 114 Å². The number of aryl methyl sites for hydroxylation is 1.